The van der Waals surface area contributed by atoms with Crippen LogP contribution in [0.25, 0.3) is 0 Å². The maximum absolute atomic E-state index is 14.1. The zero-order valence-electron chi connectivity index (χ0n) is 11.3. The van der Waals surface area contributed by atoms with Crippen LogP contribution in [0.2, 0.25) is 0 Å². The fourth-order valence-electron chi connectivity index (χ4n) is 2.35. The van der Waals surface area contributed by atoms with Crippen molar-refractivity contribution in [3.63, 3.8) is 0 Å². The topological polar surface area (TPSA) is 32.3 Å². The van der Waals surface area contributed by atoms with Crippen LogP contribution in [0.3, 0.4) is 0 Å². The second-order valence-corrected chi connectivity index (χ2v) is 4.84. The van der Waals surface area contributed by atoms with Gasteiger partial charge < -0.3 is 10.2 Å². The number of amides is 1. The quantitative estimate of drug-likeness (QED) is 0.930. The number of hydrogen-bond acceptors (Lipinski definition) is 2. The summed E-state index contributed by atoms with van der Waals surface area (Å²) < 4.78 is 28.3. The van der Waals surface area contributed by atoms with Crippen molar-refractivity contribution in [1.82, 2.24) is 10.2 Å². The highest BCUT2D eigenvalue weighted by Crippen LogP contribution is 2.31. The van der Waals surface area contributed by atoms with Gasteiger partial charge in [-0.2, -0.15) is 8.78 Å². The molecule has 1 N–H and O–H groups in total. The summed E-state index contributed by atoms with van der Waals surface area (Å²) in [5, 5.41) is 3.15. The molecule has 0 aromatic heterocycles. The Morgan fingerprint density at radius 1 is 1.25 bits per heavy atom. The van der Waals surface area contributed by atoms with Crippen LogP contribution in [0, 0.1) is 0 Å². The lowest BCUT2D eigenvalue weighted by molar-refractivity contribution is -0.160. The summed E-state index contributed by atoms with van der Waals surface area (Å²) in [5.41, 5.74) is -0.249. The van der Waals surface area contributed by atoms with Crippen LogP contribution in [0.1, 0.15) is 18.4 Å². The van der Waals surface area contributed by atoms with Crippen LogP contribution < -0.4 is 5.32 Å². The van der Waals surface area contributed by atoms with E-state index in [2.05, 4.69) is 5.32 Å². The molecule has 0 saturated carbocycles. The van der Waals surface area contributed by atoms with E-state index < -0.39 is 11.8 Å². The molecule has 1 aliphatic rings. The van der Waals surface area contributed by atoms with Gasteiger partial charge in [0.05, 0.1) is 0 Å². The molecule has 0 aliphatic carbocycles. The van der Waals surface area contributed by atoms with E-state index >= 15 is 0 Å². The fraction of sp³-hybridized carbons (Fsp3) is 0.500. The van der Waals surface area contributed by atoms with Crippen LogP contribution in [-0.4, -0.2) is 37.0 Å². The number of halogens is 3. The third-order valence-corrected chi connectivity index (χ3v) is 3.58. The molecular formula is C14H19ClF2N2O. The number of carbonyl (C=O) groups is 1. The number of rotatable bonds is 3. The lowest BCUT2D eigenvalue weighted by atomic mass is 10.0. The lowest BCUT2D eigenvalue weighted by Crippen LogP contribution is -2.48. The van der Waals surface area contributed by atoms with E-state index in [1.54, 1.807) is 6.07 Å². The van der Waals surface area contributed by atoms with Crippen LogP contribution in [-0.2, 0) is 10.7 Å². The molecule has 1 aromatic carbocycles. The number of likely N-dealkylation sites (N-methyl/N-ethyl adjacent to an activating group) is 1. The minimum absolute atomic E-state index is 0. The van der Waals surface area contributed by atoms with Crippen LogP contribution >= 0.6 is 12.4 Å². The van der Waals surface area contributed by atoms with Crippen molar-refractivity contribution < 1.29 is 13.6 Å². The Morgan fingerprint density at radius 2 is 1.80 bits per heavy atom. The molecule has 1 saturated heterocycles. The molecule has 2 rings (SSSR count). The van der Waals surface area contributed by atoms with Gasteiger partial charge >= 0.3 is 5.92 Å². The van der Waals surface area contributed by atoms with E-state index in [-0.39, 0.29) is 24.0 Å². The highest BCUT2D eigenvalue weighted by Gasteiger charge is 2.44. The Hall–Kier alpha value is -1.20. The number of nitrogens with one attached hydrogen (secondary N) is 1. The summed E-state index contributed by atoms with van der Waals surface area (Å²) in [6.07, 6.45) is 1.43. The molecule has 6 heteroatoms. The third-order valence-electron chi connectivity index (χ3n) is 3.58. The van der Waals surface area contributed by atoms with Gasteiger partial charge in [0.1, 0.15) is 0 Å². The van der Waals surface area contributed by atoms with E-state index in [4.69, 9.17) is 0 Å². The van der Waals surface area contributed by atoms with Gasteiger partial charge in [0.2, 0.25) is 0 Å². The van der Waals surface area contributed by atoms with Crippen molar-refractivity contribution >= 4 is 18.3 Å². The van der Waals surface area contributed by atoms with Crippen molar-refractivity contribution in [2.45, 2.75) is 24.8 Å². The maximum Gasteiger partial charge on any atom is 0.349 e. The average molecular weight is 305 g/mol. The summed E-state index contributed by atoms with van der Waals surface area (Å²) in [6, 6.07) is 7.15. The van der Waals surface area contributed by atoms with E-state index in [1.807, 2.05) is 0 Å². The third kappa shape index (κ3) is 3.46. The summed E-state index contributed by atoms with van der Waals surface area (Å²) >= 11 is 0. The zero-order valence-corrected chi connectivity index (χ0v) is 12.1. The van der Waals surface area contributed by atoms with Gasteiger partial charge in [-0.15, -0.1) is 12.4 Å². The van der Waals surface area contributed by atoms with Gasteiger partial charge in [-0.25, -0.2) is 0 Å². The van der Waals surface area contributed by atoms with E-state index in [1.165, 1.54) is 36.2 Å². The first-order chi connectivity index (χ1) is 9.03. The molecule has 0 atom stereocenters. The Balaban J connectivity index is 0.00000200. The van der Waals surface area contributed by atoms with Crippen molar-refractivity contribution in [3.8, 4) is 0 Å². The second-order valence-electron chi connectivity index (χ2n) is 4.84. The first-order valence-electron chi connectivity index (χ1n) is 6.45. The molecule has 1 amide bonds. The molecule has 1 aromatic rings. The van der Waals surface area contributed by atoms with Gasteiger partial charge in [-0.1, -0.05) is 30.3 Å². The standard InChI is InChI=1S/C14H18F2N2O.ClH/c1-18(12-7-9-17-10-8-12)13(19)14(15,16)11-5-3-2-4-6-11;/h2-6,12,17H,7-10H2,1H3;1H. The van der Waals surface area contributed by atoms with Crippen LogP contribution in [0.5, 0.6) is 0 Å². The zero-order chi connectivity index (χ0) is 13.9. The lowest BCUT2D eigenvalue weighted by Gasteiger charge is -2.33. The summed E-state index contributed by atoms with van der Waals surface area (Å²) in [7, 11) is 1.47. The number of benzene rings is 1. The molecule has 1 fully saturated rings. The summed E-state index contributed by atoms with van der Waals surface area (Å²) in [4.78, 5) is 13.2. The number of piperidine rings is 1. The monoisotopic (exact) mass is 304 g/mol. The van der Waals surface area contributed by atoms with Crippen molar-refractivity contribution in [3.05, 3.63) is 35.9 Å². The molecule has 1 heterocycles. The molecular weight excluding hydrogens is 286 g/mol. The molecule has 0 radical (unpaired) electrons. The molecule has 112 valence electrons. The fourth-order valence-corrected chi connectivity index (χ4v) is 2.35. The number of alkyl halides is 2. The first-order valence-corrected chi connectivity index (χ1v) is 6.45. The molecule has 3 nitrogen and oxygen atoms in total. The SMILES string of the molecule is CN(C(=O)C(F)(F)c1ccccc1)C1CCNCC1.Cl. The molecule has 0 unspecified atom stereocenters. The molecule has 0 bridgehead atoms. The second kappa shape index (κ2) is 6.99. The predicted molar refractivity (Wildman–Crippen MR) is 76.2 cm³/mol. The predicted octanol–water partition coefficient (Wildman–Crippen LogP) is 2.41. The van der Waals surface area contributed by atoms with Gasteiger partial charge in [0.15, 0.2) is 0 Å². The maximum atomic E-state index is 14.1. The Bertz CT molecular complexity index is 436. The van der Waals surface area contributed by atoms with Gasteiger partial charge in [-0.3, -0.25) is 4.79 Å². The molecule has 0 spiro atoms. The van der Waals surface area contributed by atoms with Crippen LogP contribution in [0.15, 0.2) is 30.3 Å². The van der Waals surface area contributed by atoms with E-state index in [0.717, 1.165) is 13.1 Å². The minimum Gasteiger partial charge on any atom is -0.337 e. The van der Waals surface area contributed by atoms with Crippen molar-refractivity contribution in [2.24, 2.45) is 0 Å². The summed E-state index contributed by atoms with van der Waals surface area (Å²) in [5.74, 6) is -4.58. The molecule has 1 aliphatic heterocycles. The largest absolute Gasteiger partial charge is 0.349 e. The molecule has 20 heavy (non-hydrogen) atoms. The highest BCUT2D eigenvalue weighted by molar-refractivity contribution is 5.85. The average Bonchev–Trinajstić information content (AvgIpc) is 2.47. The Kier molecular flexibility index (Phi) is 5.89. The number of nitrogens with zero attached hydrogens (tertiary/aromatic N) is 1. The number of hydrogen-bond donors (Lipinski definition) is 1. The first kappa shape index (κ1) is 16.9. The van der Waals surface area contributed by atoms with E-state index in [0.29, 0.717) is 12.8 Å². The Morgan fingerprint density at radius 3 is 2.35 bits per heavy atom. The Labute approximate surface area is 123 Å². The normalized spacial score (nSPS) is 16.4. The van der Waals surface area contributed by atoms with Crippen molar-refractivity contribution in [1.29, 1.82) is 0 Å². The summed E-state index contributed by atoms with van der Waals surface area (Å²) in [6.45, 7) is 1.53. The van der Waals surface area contributed by atoms with Gasteiger partial charge in [-0.05, 0) is 25.9 Å². The van der Waals surface area contributed by atoms with Crippen molar-refractivity contribution in [2.75, 3.05) is 20.1 Å². The van der Waals surface area contributed by atoms with Gasteiger partial charge in [0.25, 0.3) is 5.91 Å². The number of carbonyl (C=O) groups excluding carboxylic acids is 1. The van der Waals surface area contributed by atoms with Gasteiger partial charge in [0, 0.05) is 18.7 Å². The van der Waals surface area contributed by atoms with E-state index in [9.17, 15) is 13.6 Å². The van der Waals surface area contributed by atoms with Crippen LogP contribution in [0.4, 0.5) is 8.78 Å². The highest BCUT2D eigenvalue weighted by atomic mass is 35.5. The smallest absolute Gasteiger partial charge is 0.337 e. The minimum atomic E-state index is -3.46.